The predicted octanol–water partition coefficient (Wildman–Crippen LogP) is 7.73. The lowest BCUT2D eigenvalue weighted by molar-refractivity contribution is 0.0686. The largest absolute Gasteiger partial charge is 0.478 e. The zero-order valence-corrected chi connectivity index (χ0v) is 72.2. The number of rotatable bonds is 30. The maximum absolute atomic E-state index is 11.5. The standard InChI is InChI=1S/3C30H26O9Si2/c3*1-40(23-11-3-19(4-12-23)27(31)32,24-13-5-20(6-14-24)28(33)34)39-41(2,25-15-7-21(8-16-25)29(35)36)26-17-9-22(10-18-26)30(37)38/h3*3-18H,1-2H3,(H,31,32)(H,33,34)(H,35,36)(H,37,38). The lowest BCUT2D eigenvalue weighted by atomic mass is 10.2. The Morgan fingerprint density at radius 1 is 0.138 bits per heavy atom. The molecule has 12 aromatic carbocycles. The van der Waals surface area contributed by atoms with Gasteiger partial charge >= 0.3 is 71.6 Å². The van der Waals surface area contributed by atoms with Gasteiger partial charge in [-0.15, -0.1) is 0 Å². The smallest absolute Gasteiger partial charge is 0.335 e. The Balaban J connectivity index is 0.000000193. The van der Waals surface area contributed by atoms with E-state index in [0.717, 1.165) is 62.2 Å². The van der Waals surface area contributed by atoms with Gasteiger partial charge in [-0.3, -0.25) is 0 Å². The van der Waals surface area contributed by atoms with Crippen LogP contribution >= 0.6 is 0 Å². The van der Waals surface area contributed by atoms with Crippen LogP contribution in [0.4, 0.5) is 0 Å². The molecule has 624 valence electrons. The molecule has 27 nitrogen and oxygen atoms in total. The van der Waals surface area contributed by atoms with Gasteiger partial charge in [-0.1, -0.05) is 146 Å². The van der Waals surface area contributed by atoms with Crippen LogP contribution in [0, 0.1) is 0 Å². The van der Waals surface area contributed by atoms with Gasteiger partial charge in [0.25, 0.3) is 0 Å². The SMILES string of the molecule is C[Si](O[Si](C)(c1ccc(C(=O)O)cc1)c1ccc(C(=O)O)cc1)(c1ccc(C(=O)O)cc1)c1ccc(C(=O)O)cc1.C[Si](O[Si](C)(c1ccc(C(=O)O)cc1)c1ccc(C(=O)O)cc1)(c1ccc(C(=O)O)cc1)c1ccc(C(=O)O)cc1.C[Si](O[Si](C)(c1ccc(C(=O)O)cc1)c1ccc(C(=O)O)cc1)(c1ccc(C(=O)O)cc1)c1ccc(C(=O)O)cc1. The Morgan fingerprint density at radius 3 is 0.244 bits per heavy atom. The molecule has 0 radical (unpaired) electrons. The summed E-state index contributed by atoms with van der Waals surface area (Å²) < 4.78 is 21.8. The molecule has 0 fully saturated rings. The van der Waals surface area contributed by atoms with Crippen LogP contribution in [-0.4, -0.2) is 183 Å². The molecule has 0 aromatic heterocycles. The summed E-state index contributed by atoms with van der Waals surface area (Å²) in [5.41, 5.74) is 1.17. The Hall–Kier alpha value is -14.5. The molecule has 12 aromatic rings. The highest BCUT2D eigenvalue weighted by Gasteiger charge is 2.49. The van der Waals surface area contributed by atoms with E-state index in [2.05, 4.69) is 0 Å². The molecule has 0 spiro atoms. The van der Waals surface area contributed by atoms with Crippen LogP contribution in [0.1, 0.15) is 124 Å². The number of hydrogen-bond donors (Lipinski definition) is 12. The maximum atomic E-state index is 11.5. The van der Waals surface area contributed by atoms with Crippen LogP contribution in [0.3, 0.4) is 0 Å². The molecule has 0 atom stereocenters. The number of carboxylic acid groups (broad SMARTS) is 12. The number of hydrogen-bond acceptors (Lipinski definition) is 15. The van der Waals surface area contributed by atoms with Gasteiger partial charge in [0, 0.05) is 0 Å². The van der Waals surface area contributed by atoms with Crippen molar-refractivity contribution < 1.29 is 131 Å². The number of aromatic carboxylic acids is 12. The molecular weight excluding hydrogens is 1680 g/mol. The minimum Gasteiger partial charge on any atom is -0.478 e. The zero-order valence-electron chi connectivity index (χ0n) is 66.2. The van der Waals surface area contributed by atoms with Gasteiger partial charge in [0.1, 0.15) is 0 Å². The van der Waals surface area contributed by atoms with Gasteiger partial charge in [-0.05, 0) is 247 Å². The lowest BCUT2D eigenvalue weighted by Gasteiger charge is -2.40. The van der Waals surface area contributed by atoms with Gasteiger partial charge < -0.3 is 73.6 Å². The molecule has 0 saturated heterocycles. The first-order chi connectivity index (χ1) is 58.0. The predicted molar refractivity (Wildman–Crippen MR) is 469 cm³/mol. The Bertz CT molecular complexity index is 4710. The molecule has 33 heteroatoms. The highest BCUT2D eigenvalue weighted by atomic mass is 28.4. The Morgan fingerprint density at radius 2 is 0.195 bits per heavy atom. The lowest BCUT2D eigenvalue weighted by Crippen LogP contribution is -2.70. The summed E-state index contributed by atoms with van der Waals surface area (Å²) >= 11 is 0. The minimum atomic E-state index is -3.25. The fourth-order valence-corrected chi connectivity index (χ4v) is 41.2. The first-order valence-electron chi connectivity index (χ1n) is 37.2. The minimum absolute atomic E-state index is 0.0971. The van der Waals surface area contributed by atoms with Crippen molar-refractivity contribution in [2.24, 2.45) is 0 Å². The van der Waals surface area contributed by atoms with Crippen LogP contribution < -0.4 is 62.2 Å². The molecule has 123 heavy (non-hydrogen) atoms. The van der Waals surface area contributed by atoms with Gasteiger partial charge in [0.05, 0.1) is 66.8 Å². The van der Waals surface area contributed by atoms with E-state index in [1.807, 2.05) is 39.3 Å². The molecule has 12 rings (SSSR count). The summed E-state index contributed by atoms with van der Waals surface area (Å²) in [6.07, 6.45) is 0. The van der Waals surface area contributed by atoms with Crippen molar-refractivity contribution in [3.05, 3.63) is 358 Å². The second kappa shape index (κ2) is 37.4. The van der Waals surface area contributed by atoms with Crippen molar-refractivity contribution in [3.8, 4) is 0 Å². The third-order valence-electron chi connectivity index (χ3n) is 21.4. The zero-order chi connectivity index (χ0) is 89.8. The average molecular weight is 1760 g/mol. The highest BCUT2D eigenvalue weighted by Crippen LogP contribution is 2.25. The van der Waals surface area contributed by atoms with Crippen molar-refractivity contribution in [2.45, 2.75) is 39.3 Å². The fraction of sp³-hybridized carbons (Fsp3) is 0.0667. The van der Waals surface area contributed by atoms with Gasteiger partial charge in [0.2, 0.25) is 49.9 Å². The van der Waals surface area contributed by atoms with E-state index in [1.54, 1.807) is 146 Å². The van der Waals surface area contributed by atoms with Crippen LogP contribution in [0.15, 0.2) is 291 Å². The molecule has 12 N–H and O–H groups in total. The van der Waals surface area contributed by atoms with Crippen molar-refractivity contribution in [1.82, 2.24) is 0 Å². The summed E-state index contributed by atoms with van der Waals surface area (Å²) in [7, 11) is -19.5. The van der Waals surface area contributed by atoms with Gasteiger partial charge in [-0.25, -0.2) is 57.5 Å². The third-order valence-corrected chi connectivity index (χ3v) is 48.4. The van der Waals surface area contributed by atoms with E-state index in [1.165, 1.54) is 146 Å². The van der Waals surface area contributed by atoms with E-state index in [-0.39, 0.29) is 66.8 Å². The molecule has 0 bridgehead atoms. The normalized spacial score (nSPS) is 11.6. The Labute approximate surface area is 707 Å². The van der Waals surface area contributed by atoms with Crippen molar-refractivity contribution in [3.63, 3.8) is 0 Å². The van der Waals surface area contributed by atoms with Gasteiger partial charge in [-0.2, -0.15) is 0 Å². The van der Waals surface area contributed by atoms with E-state index in [9.17, 15) is 119 Å². The van der Waals surface area contributed by atoms with E-state index < -0.39 is 122 Å². The molecule has 0 aliphatic rings. The van der Waals surface area contributed by atoms with E-state index in [4.69, 9.17) is 12.3 Å². The van der Waals surface area contributed by atoms with Crippen LogP contribution in [0.25, 0.3) is 0 Å². The summed E-state index contributed by atoms with van der Waals surface area (Å²) in [6, 6.07) is 76.3. The number of carboxylic acids is 12. The molecular formula is C90H78O27Si6. The van der Waals surface area contributed by atoms with Crippen LogP contribution in [0.5, 0.6) is 0 Å². The first-order valence-corrected chi connectivity index (χ1v) is 51.7. The molecule has 0 aliphatic heterocycles. The summed E-state index contributed by atoms with van der Waals surface area (Å²) in [5.74, 6) is -13.0. The molecule has 0 saturated carbocycles. The molecule has 0 amide bonds. The van der Waals surface area contributed by atoms with Crippen LogP contribution in [-0.2, 0) is 12.3 Å². The van der Waals surface area contributed by atoms with Crippen molar-refractivity contribution >= 4 is 184 Å². The average Bonchev–Trinajstić information content (AvgIpc) is 0.756. The molecule has 0 heterocycles. The van der Waals surface area contributed by atoms with E-state index >= 15 is 0 Å². The Kier molecular flexibility index (Phi) is 27.6. The van der Waals surface area contributed by atoms with Gasteiger partial charge in [0.15, 0.2) is 0 Å². The van der Waals surface area contributed by atoms with Crippen molar-refractivity contribution in [2.75, 3.05) is 0 Å². The fourth-order valence-electron chi connectivity index (χ4n) is 14.1. The summed E-state index contributed by atoms with van der Waals surface area (Å²) in [5, 5.41) is 122. The quantitative estimate of drug-likeness (QED) is 0.0192. The molecule has 0 aliphatic carbocycles. The second-order valence-electron chi connectivity index (χ2n) is 29.1. The third kappa shape index (κ3) is 20.2. The second-order valence-corrected chi connectivity index (χ2v) is 50.9. The number of benzene rings is 12. The number of carbonyl (C=O) groups is 12. The van der Waals surface area contributed by atoms with E-state index in [0.29, 0.717) is 0 Å². The van der Waals surface area contributed by atoms with Crippen molar-refractivity contribution in [1.29, 1.82) is 0 Å². The summed E-state index contributed by atoms with van der Waals surface area (Å²) in [4.78, 5) is 138. The first kappa shape index (κ1) is 90.8. The summed E-state index contributed by atoms with van der Waals surface area (Å²) in [6.45, 7) is 11.6. The monoisotopic (exact) mass is 1760 g/mol. The highest BCUT2D eigenvalue weighted by molar-refractivity contribution is 7.10. The maximum Gasteiger partial charge on any atom is 0.335 e. The van der Waals surface area contributed by atoms with Crippen LogP contribution in [0.2, 0.25) is 39.3 Å². The topological polar surface area (TPSA) is 475 Å². The molecule has 0 unspecified atom stereocenters.